The van der Waals surface area contributed by atoms with E-state index in [1.807, 2.05) is 51.1 Å². The van der Waals surface area contributed by atoms with E-state index in [9.17, 15) is 4.79 Å². The number of carbonyl (C=O) groups is 1. The summed E-state index contributed by atoms with van der Waals surface area (Å²) >= 11 is 12.2. The van der Waals surface area contributed by atoms with Gasteiger partial charge in [0.15, 0.2) is 0 Å². The predicted octanol–water partition coefficient (Wildman–Crippen LogP) is 5.21. The van der Waals surface area contributed by atoms with E-state index in [0.29, 0.717) is 43.0 Å². The monoisotopic (exact) mass is 489 g/mol. The number of benzene rings is 2. The quantitative estimate of drug-likeness (QED) is 0.375. The van der Waals surface area contributed by atoms with Crippen LogP contribution in [0.15, 0.2) is 42.5 Å². The molecule has 6 nitrogen and oxygen atoms in total. The van der Waals surface area contributed by atoms with Crippen LogP contribution in [0.4, 0.5) is 0 Å². The van der Waals surface area contributed by atoms with Gasteiger partial charge in [0.1, 0.15) is 0 Å². The maximum absolute atomic E-state index is 12.7. The molecule has 0 atom stereocenters. The van der Waals surface area contributed by atoms with E-state index in [-0.39, 0.29) is 12.3 Å². The fourth-order valence-electron chi connectivity index (χ4n) is 3.50. The van der Waals surface area contributed by atoms with Crippen molar-refractivity contribution >= 4 is 29.1 Å². The summed E-state index contributed by atoms with van der Waals surface area (Å²) in [4.78, 5) is 12.7. The van der Waals surface area contributed by atoms with Crippen molar-refractivity contribution < 1.29 is 14.3 Å². The van der Waals surface area contributed by atoms with Crippen LogP contribution in [0.2, 0.25) is 10.0 Å². The Morgan fingerprint density at radius 2 is 1.79 bits per heavy atom. The van der Waals surface area contributed by atoms with Crippen LogP contribution in [0.25, 0.3) is 5.69 Å². The zero-order chi connectivity index (χ0) is 23.8. The topological polar surface area (TPSA) is 65.4 Å². The van der Waals surface area contributed by atoms with Gasteiger partial charge in [-0.1, -0.05) is 47.5 Å². The summed E-state index contributed by atoms with van der Waals surface area (Å²) in [5.74, 6) is -0.0618. The third kappa shape index (κ3) is 7.05. The van der Waals surface area contributed by atoms with Crippen molar-refractivity contribution in [1.29, 1.82) is 0 Å². The van der Waals surface area contributed by atoms with Crippen LogP contribution < -0.4 is 5.32 Å². The lowest BCUT2D eigenvalue weighted by Crippen LogP contribution is -2.25. The van der Waals surface area contributed by atoms with Gasteiger partial charge < -0.3 is 14.8 Å². The molecular weight excluding hydrogens is 461 g/mol. The van der Waals surface area contributed by atoms with Gasteiger partial charge in [0.05, 0.1) is 47.7 Å². The Balaban J connectivity index is 1.58. The molecule has 3 aromatic rings. The van der Waals surface area contributed by atoms with Crippen LogP contribution in [0.5, 0.6) is 0 Å². The van der Waals surface area contributed by atoms with Gasteiger partial charge in [-0.2, -0.15) is 5.10 Å². The molecule has 1 amide bonds. The average molecular weight is 490 g/mol. The largest absolute Gasteiger partial charge is 0.379 e. The first-order chi connectivity index (χ1) is 15.9. The number of aromatic nitrogens is 2. The molecular formula is C25H29Cl2N3O3. The van der Waals surface area contributed by atoms with Crippen LogP contribution in [0.3, 0.4) is 0 Å². The predicted molar refractivity (Wildman–Crippen MR) is 131 cm³/mol. The zero-order valence-electron chi connectivity index (χ0n) is 19.2. The molecule has 8 heteroatoms. The van der Waals surface area contributed by atoms with E-state index in [2.05, 4.69) is 10.4 Å². The highest BCUT2D eigenvalue weighted by Gasteiger charge is 2.16. The van der Waals surface area contributed by atoms with Crippen LogP contribution in [0, 0.1) is 13.8 Å². The summed E-state index contributed by atoms with van der Waals surface area (Å²) in [7, 11) is 0. The van der Waals surface area contributed by atoms with Crippen LogP contribution in [-0.2, 0) is 33.8 Å². The van der Waals surface area contributed by atoms with Gasteiger partial charge in [-0.05, 0) is 50.1 Å². The minimum atomic E-state index is -0.0618. The fourth-order valence-corrected chi connectivity index (χ4v) is 3.80. The van der Waals surface area contributed by atoms with E-state index in [1.54, 1.807) is 16.8 Å². The molecule has 0 spiro atoms. The third-order valence-electron chi connectivity index (χ3n) is 5.25. The number of amides is 1. The highest BCUT2D eigenvalue weighted by atomic mass is 35.5. The van der Waals surface area contributed by atoms with Crippen molar-refractivity contribution in [3.63, 3.8) is 0 Å². The molecule has 0 aliphatic heterocycles. The molecule has 3 rings (SSSR count). The van der Waals surface area contributed by atoms with Gasteiger partial charge in [0.2, 0.25) is 5.91 Å². The fraction of sp³-hybridized carbons (Fsp3) is 0.360. The lowest BCUT2D eigenvalue weighted by atomic mass is 10.1. The van der Waals surface area contributed by atoms with Gasteiger partial charge in [-0.25, -0.2) is 4.68 Å². The van der Waals surface area contributed by atoms with Crippen molar-refractivity contribution in [3.8, 4) is 5.69 Å². The van der Waals surface area contributed by atoms with Gasteiger partial charge in [-0.3, -0.25) is 4.79 Å². The Morgan fingerprint density at radius 1 is 1.03 bits per heavy atom. The molecule has 1 heterocycles. The summed E-state index contributed by atoms with van der Waals surface area (Å²) in [6.45, 7) is 8.61. The highest BCUT2D eigenvalue weighted by Crippen LogP contribution is 2.26. The molecule has 0 saturated heterocycles. The first-order valence-electron chi connectivity index (χ1n) is 10.9. The van der Waals surface area contributed by atoms with Gasteiger partial charge in [0.25, 0.3) is 0 Å². The molecule has 0 radical (unpaired) electrons. The second-order valence-electron chi connectivity index (χ2n) is 7.68. The Morgan fingerprint density at radius 3 is 2.55 bits per heavy atom. The van der Waals surface area contributed by atoms with Crippen molar-refractivity contribution in [2.75, 3.05) is 19.8 Å². The number of aryl methyl sites for hydroxylation is 1. The first kappa shape index (κ1) is 25.2. The maximum Gasteiger partial charge on any atom is 0.224 e. The lowest BCUT2D eigenvalue weighted by Gasteiger charge is -2.09. The van der Waals surface area contributed by atoms with Crippen LogP contribution in [-0.4, -0.2) is 35.5 Å². The van der Waals surface area contributed by atoms with Gasteiger partial charge >= 0.3 is 0 Å². The average Bonchev–Trinajstić information content (AvgIpc) is 3.08. The van der Waals surface area contributed by atoms with E-state index in [1.165, 1.54) is 0 Å². The smallest absolute Gasteiger partial charge is 0.224 e. The number of hydrogen-bond acceptors (Lipinski definition) is 4. The van der Waals surface area contributed by atoms with E-state index < -0.39 is 0 Å². The second-order valence-corrected chi connectivity index (χ2v) is 8.50. The standard InChI is InChI=1S/C25H29Cl2N3O3/c1-4-32-10-11-33-16-20-7-5-6-19(12-20)15-28-25(31)14-22-17(2)29-30(18(22)3)21-8-9-23(26)24(27)13-21/h5-9,12-13H,4,10-11,14-16H2,1-3H3,(H,28,31). The minimum absolute atomic E-state index is 0.0618. The lowest BCUT2D eigenvalue weighted by molar-refractivity contribution is -0.120. The molecule has 33 heavy (non-hydrogen) atoms. The number of nitrogens with one attached hydrogen (secondary N) is 1. The summed E-state index contributed by atoms with van der Waals surface area (Å²) in [5, 5.41) is 8.55. The van der Waals surface area contributed by atoms with Gasteiger partial charge in [-0.15, -0.1) is 0 Å². The molecule has 0 aliphatic rings. The van der Waals surface area contributed by atoms with E-state index in [0.717, 1.165) is 33.8 Å². The van der Waals surface area contributed by atoms with Crippen LogP contribution in [0.1, 0.15) is 35.0 Å². The third-order valence-corrected chi connectivity index (χ3v) is 5.99. The van der Waals surface area contributed by atoms with Crippen molar-refractivity contribution in [1.82, 2.24) is 15.1 Å². The summed E-state index contributed by atoms with van der Waals surface area (Å²) in [5.41, 5.74) is 5.49. The molecule has 2 aromatic carbocycles. The van der Waals surface area contributed by atoms with Crippen LogP contribution >= 0.6 is 23.2 Å². The van der Waals surface area contributed by atoms with Gasteiger partial charge in [0, 0.05) is 24.4 Å². The number of ether oxygens (including phenoxy) is 2. The molecule has 1 N–H and O–H groups in total. The highest BCUT2D eigenvalue weighted by molar-refractivity contribution is 6.42. The number of halogens is 2. The SMILES string of the molecule is CCOCCOCc1cccc(CNC(=O)Cc2c(C)nn(-c3ccc(Cl)c(Cl)c3)c2C)c1. The Kier molecular flexibility index (Phi) is 9.32. The second kappa shape index (κ2) is 12.2. The summed E-state index contributed by atoms with van der Waals surface area (Å²) in [6, 6.07) is 13.4. The number of rotatable bonds is 11. The summed E-state index contributed by atoms with van der Waals surface area (Å²) in [6.07, 6.45) is 0.249. The Hall–Kier alpha value is -2.38. The minimum Gasteiger partial charge on any atom is -0.379 e. The van der Waals surface area contributed by atoms with E-state index in [4.69, 9.17) is 32.7 Å². The summed E-state index contributed by atoms with van der Waals surface area (Å²) < 4.78 is 12.7. The molecule has 0 bridgehead atoms. The van der Waals surface area contributed by atoms with Crippen molar-refractivity contribution in [2.45, 2.75) is 40.3 Å². The number of hydrogen-bond donors (Lipinski definition) is 1. The maximum atomic E-state index is 12.7. The molecule has 176 valence electrons. The van der Waals surface area contributed by atoms with Crippen molar-refractivity contribution in [2.24, 2.45) is 0 Å². The Labute approximate surface area is 204 Å². The normalized spacial score (nSPS) is 11.1. The van der Waals surface area contributed by atoms with E-state index >= 15 is 0 Å². The first-order valence-corrected chi connectivity index (χ1v) is 11.6. The molecule has 0 unspecified atom stereocenters. The zero-order valence-corrected chi connectivity index (χ0v) is 20.7. The number of nitrogens with zero attached hydrogens (tertiary/aromatic N) is 2. The number of carbonyl (C=O) groups excluding carboxylic acids is 1. The van der Waals surface area contributed by atoms with Crippen molar-refractivity contribution in [3.05, 3.63) is 80.6 Å². The molecule has 0 aliphatic carbocycles. The molecule has 0 saturated carbocycles. The Bertz CT molecular complexity index is 1100. The molecule has 1 aromatic heterocycles. The molecule has 0 fully saturated rings.